The molecule has 3 amide bonds. The summed E-state index contributed by atoms with van der Waals surface area (Å²) in [6.45, 7) is 1.49. The lowest BCUT2D eigenvalue weighted by Crippen LogP contribution is -2.31. The summed E-state index contributed by atoms with van der Waals surface area (Å²) in [5, 5.41) is 5.95. The van der Waals surface area contributed by atoms with Crippen LogP contribution in [-0.2, 0) is 9.59 Å². The fraction of sp³-hybridized carbons (Fsp3) is 0.192. The fourth-order valence-electron chi connectivity index (χ4n) is 4.19. The Morgan fingerprint density at radius 2 is 1.47 bits per heavy atom. The average Bonchev–Trinajstić information content (AvgIpc) is 3.49. The van der Waals surface area contributed by atoms with Gasteiger partial charge >= 0.3 is 12.1 Å². The van der Waals surface area contributed by atoms with Gasteiger partial charge in [-0.25, -0.2) is 8.78 Å². The van der Waals surface area contributed by atoms with Crippen LogP contribution in [0, 0.1) is 24.5 Å². The van der Waals surface area contributed by atoms with Gasteiger partial charge < -0.3 is 16.0 Å². The molecule has 4 rings (SSSR count). The fourth-order valence-corrected chi connectivity index (χ4v) is 5.82. The Morgan fingerprint density at radius 3 is 2.05 bits per heavy atom. The number of nitrogens with one attached hydrogen (secondary N) is 3. The second kappa shape index (κ2) is 12.1. The van der Waals surface area contributed by atoms with Gasteiger partial charge in [-0.3, -0.25) is 14.4 Å². The molecule has 17 heteroatoms. The first-order valence-corrected chi connectivity index (χ1v) is 13.9. The minimum Gasteiger partial charge on any atom is -0.326 e. The summed E-state index contributed by atoms with van der Waals surface area (Å²) in [5.41, 5.74) is -1.72. The Balaban J connectivity index is 1.56. The summed E-state index contributed by atoms with van der Waals surface area (Å²) in [7, 11) is 0. The average molecular weight is 724 g/mol. The predicted molar refractivity (Wildman–Crippen MR) is 156 cm³/mol. The monoisotopic (exact) mass is 721 g/mol. The van der Waals surface area contributed by atoms with Gasteiger partial charge in [0.05, 0.1) is 37.3 Å². The third-order valence-electron chi connectivity index (χ3n) is 6.30. The van der Waals surface area contributed by atoms with Crippen molar-refractivity contribution in [1.82, 2.24) is 0 Å². The van der Waals surface area contributed by atoms with Crippen LogP contribution in [0.25, 0.3) is 0 Å². The molecule has 0 heterocycles. The van der Waals surface area contributed by atoms with E-state index in [9.17, 15) is 36.3 Å². The van der Waals surface area contributed by atoms with Crippen molar-refractivity contribution in [2.45, 2.75) is 23.4 Å². The number of anilines is 3. The van der Waals surface area contributed by atoms with E-state index in [1.807, 2.05) is 0 Å². The molecule has 1 saturated carbocycles. The largest absolute Gasteiger partial charge is 0.471 e. The first-order chi connectivity index (χ1) is 19.8. The molecule has 1 aliphatic rings. The van der Waals surface area contributed by atoms with Crippen LogP contribution in [0.5, 0.6) is 0 Å². The number of amides is 3. The highest BCUT2D eigenvalue weighted by Gasteiger charge is 2.67. The minimum absolute atomic E-state index is 0.0525. The first kappa shape index (κ1) is 33.4. The number of carbonyl (C=O) groups excluding carboxylic acids is 3. The van der Waals surface area contributed by atoms with Gasteiger partial charge in [0.25, 0.3) is 5.91 Å². The van der Waals surface area contributed by atoms with E-state index >= 15 is 0 Å². The molecule has 43 heavy (non-hydrogen) atoms. The standard InChI is InChI=1S/C26H14Cl6F5N3O3/c1-8-4-10(38-23(42)17-16(25(17,31)32)9-5-12(27)19(30)13(28)6-9)7-11(18(8)29)22(41)39-15-3-2-14(33)21(20(15)34)40-24(43)26(35,36)37/h2-7,16-17H,1H3,(H,38,42)(H,39,41)(H,40,43)/t16-,17?/m0/s1. The quantitative estimate of drug-likeness (QED) is 0.135. The molecule has 0 radical (unpaired) electrons. The van der Waals surface area contributed by atoms with Crippen molar-refractivity contribution in [2.75, 3.05) is 16.0 Å². The third-order valence-corrected chi connectivity index (χ3v) is 8.94. The van der Waals surface area contributed by atoms with Gasteiger partial charge in [-0.05, 0) is 54.4 Å². The Morgan fingerprint density at radius 1 is 0.860 bits per heavy atom. The maximum absolute atomic E-state index is 14.8. The molecule has 6 nitrogen and oxygen atoms in total. The number of rotatable bonds is 6. The summed E-state index contributed by atoms with van der Waals surface area (Å²) in [6, 6.07) is 6.74. The smallest absolute Gasteiger partial charge is 0.326 e. The molecule has 3 aromatic rings. The molecule has 3 N–H and O–H groups in total. The van der Waals surface area contributed by atoms with Crippen molar-refractivity contribution < 1.29 is 36.3 Å². The van der Waals surface area contributed by atoms with Crippen molar-refractivity contribution in [2.24, 2.45) is 5.92 Å². The molecule has 1 fully saturated rings. The van der Waals surface area contributed by atoms with E-state index < -0.39 is 63.1 Å². The summed E-state index contributed by atoms with van der Waals surface area (Å²) in [5.74, 6) is -9.30. The first-order valence-electron chi connectivity index (χ1n) is 11.6. The van der Waals surface area contributed by atoms with Crippen LogP contribution in [0.2, 0.25) is 20.1 Å². The molecule has 3 aromatic carbocycles. The Hall–Kier alpha value is -2.54. The van der Waals surface area contributed by atoms with E-state index in [4.69, 9.17) is 69.6 Å². The normalized spacial score (nSPS) is 17.3. The van der Waals surface area contributed by atoms with Crippen LogP contribution in [0.15, 0.2) is 36.4 Å². The zero-order chi connectivity index (χ0) is 32.2. The maximum atomic E-state index is 14.8. The van der Waals surface area contributed by atoms with E-state index in [1.54, 1.807) is 0 Å². The molecule has 0 aliphatic heterocycles. The van der Waals surface area contributed by atoms with Crippen LogP contribution < -0.4 is 16.0 Å². The van der Waals surface area contributed by atoms with Crippen molar-refractivity contribution in [3.05, 3.63) is 84.8 Å². The van der Waals surface area contributed by atoms with Crippen LogP contribution in [0.4, 0.5) is 39.0 Å². The Kier molecular flexibility index (Phi) is 9.38. The number of hydrogen-bond donors (Lipinski definition) is 3. The van der Waals surface area contributed by atoms with E-state index in [-0.39, 0.29) is 36.9 Å². The van der Waals surface area contributed by atoms with Gasteiger partial charge in [-0.1, -0.05) is 46.4 Å². The zero-order valence-corrected chi connectivity index (χ0v) is 25.5. The second-order valence-corrected chi connectivity index (χ2v) is 12.3. The van der Waals surface area contributed by atoms with Gasteiger partial charge in [0.15, 0.2) is 5.82 Å². The van der Waals surface area contributed by atoms with Gasteiger partial charge in [0.2, 0.25) is 5.91 Å². The number of benzene rings is 3. The van der Waals surface area contributed by atoms with Crippen LogP contribution in [-0.4, -0.2) is 28.2 Å². The van der Waals surface area contributed by atoms with Crippen molar-refractivity contribution in [3.8, 4) is 0 Å². The molecular formula is C26H14Cl6F5N3O3. The molecule has 0 aromatic heterocycles. The van der Waals surface area contributed by atoms with Crippen molar-refractivity contribution in [1.29, 1.82) is 0 Å². The van der Waals surface area contributed by atoms with E-state index in [1.165, 1.54) is 25.1 Å². The predicted octanol–water partition coefficient (Wildman–Crippen LogP) is 9.17. The summed E-state index contributed by atoms with van der Waals surface area (Å²) >= 11 is 37.2. The van der Waals surface area contributed by atoms with E-state index in [0.29, 0.717) is 11.6 Å². The van der Waals surface area contributed by atoms with E-state index in [2.05, 4.69) is 10.6 Å². The molecule has 0 spiro atoms. The molecule has 1 aliphatic carbocycles. The molecule has 0 bridgehead atoms. The SMILES string of the molecule is Cc1cc(NC(=O)C2[C@H](c3cc(Cl)c(Cl)c(Cl)c3)C2(Cl)Cl)cc(C(=O)Nc2ccc(F)c(NC(=O)C(F)(F)F)c2F)c1Cl. The van der Waals surface area contributed by atoms with Gasteiger partial charge in [0, 0.05) is 11.6 Å². The molecule has 1 unspecified atom stereocenters. The minimum atomic E-state index is -5.43. The van der Waals surface area contributed by atoms with Crippen LogP contribution in [0.1, 0.15) is 27.4 Å². The van der Waals surface area contributed by atoms with Gasteiger partial charge in [0.1, 0.15) is 15.8 Å². The second-order valence-electron chi connectivity index (χ2n) is 9.26. The summed E-state index contributed by atoms with van der Waals surface area (Å²) in [6.07, 6.45) is -5.43. The third kappa shape index (κ3) is 6.77. The highest BCUT2D eigenvalue weighted by atomic mass is 35.5. The van der Waals surface area contributed by atoms with Crippen LogP contribution >= 0.6 is 69.6 Å². The highest BCUT2D eigenvalue weighted by molar-refractivity contribution is 6.54. The van der Waals surface area contributed by atoms with Gasteiger partial charge in [-0.2, -0.15) is 13.2 Å². The lowest BCUT2D eigenvalue weighted by molar-refractivity contribution is -0.167. The van der Waals surface area contributed by atoms with Gasteiger partial charge in [-0.15, -0.1) is 23.2 Å². The highest BCUT2D eigenvalue weighted by Crippen LogP contribution is 2.65. The molecule has 0 saturated heterocycles. The number of halogens is 11. The maximum Gasteiger partial charge on any atom is 0.471 e. The summed E-state index contributed by atoms with van der Waals surface area (Å²) in [4.78, 5) is 37.4. The Bertz CT molecular complexity index is 1660. The lowest BCUT2D eigenvalue weighted by atomic mass is 10.1. The molecular weight excluding hydrogens is 710 g/mol. The molecule has 228 valence electrons. The number of aryl methyl sites for hydroxylation is 1. The zero-order valence-electron chi connectivity index (χ0n) is 21.0. The molecule has 2 atom stereocenters. The number of hydrogen-bond acceptors (Lipinski definition) is 3. The Labute approximate surface area is 269 Å². The topological polar surface area (TPSA) is 87.3 Å². The van der Waals surface area contributed by atoms with Crippen LogP contribution in [0.3, 0.4) is 0 Å². The van der Waals surface area contributed by atoms with E-state index in [0.717, 1.165) is 17.4 Å². The van der Waals surface area contributed by atoms with Crippen molar-refractivity contribution >= 4 is 104 Å². The summed E-state index contributed by atoms with van der Waals surface area (Å²) < 4.78 is 65.1. The number of alkyl halides is 5. The van der Waals surface area contributed by atoms with Crippen molar-refractivity contribution in [3.63, 3.8) is 0 Å². The lowest BCUT2D eigenvalue weighted by Gasteiger charge is -2.15. The number of carbonyl (C=O) groups is 3.